The average molecular weight is 400 g/mol. The van der Waals surface area contributed by atoms with Crippen molar-refractivity contribution in [2.24, 2.45) is 0 Å². The van der Waals surface area contributed by atoms with Crippen molar-refractivity contribution in [3.05, 3.63) is 29.8 Å². The lowest BCUT2D eigenvalue weighted by Crippen LogP contribution is -2.35. The van der Waals surface area contributed by atoms with Gasteiger partial charge in [-0.15, -0.1) is 13.2 Å². The first-order chi connectivity index (χ1) is 12.5. The van der Waals surface area contributed by atoms with Gasteiger partial charge in [0.25, 0.3) is 0 Å². The van der Waals surface area contributed by atoms with Crippen molar-refractivity contribution in [2.75, 3.05) is 26.7 Å². The molecule has 1 aliphatic rings. The first-order valence-corrected chi connectivity index (χ1v) is 8.01. The van der Waals surface area contributed by atoms with E-state index in [0.717, 1.165) is 0 Å². The summed E-state index contributed by atoms with van der Waals surface area (Å²) in [4.78, 5) is 12.7. The smallest absolute Gasteiger partial charge is 0.454 e. The number of alkyl halides is 6. The lowest BCUT2D eigenvalue weighted by Gasteiger charge is -2.24. The van der Waals surface area contributed by atoms with E-state index in [-0.39, 0.29) is 24.8 Å². The summed E-state index contributed by atoms with van der Waals surface area (Å²) in [7, 11) is 1.61. The van der Waals surface area contributed by atoms with E-state index in [9.17, 15) is 31.1 Å². The molecule has 0 aromatic heterocycles. The number of rotatable bonds is 6. The van der Waals surface area contributed by atoms with E-state index in [4.69, 9.17) is 0 Å². The van der Waals surface area contributed by atoms with Crippen molar-refractivity contribution in [3.63, 3.8) is 0 Å². The van der Waals surface area contributed by atoms with Crippen LogP contribution < -0.4 is 10.1 Å². The Morgan fingerprint density at radius 2 is 2.00 bits per heavy atom. The van der Waals surface area contributed by atoms with Crippen molar-refractivity contribution >= 4 is 5.97 Å². The zero-order valence-corrected chi connectivity index (χ0v) is 14.2. The first kappa shape index (κ1) is 21.3. The Morgan fingerprint density at radius 1 is 1.30 bits per heavy atom. The highest BCUT2D eigenvalue weighted by Crippen LogP contribution is 2.27. The molecular formula is C16H18F6N2O3. The summed E-state index contributed by atoms with van der Waals surface area (Å²) in [6.45, 7) is 0.817. The van der Waals surface area contributed by atoms with Crippen LogP contribution in [0.5, 0.6) is 5.75 Å². The van der Waals surface area contributed by atoms with E-state index in [1.807, 2.05) is 0 Å². The molecule has 0 amide bonds. The Labute approximate surface area is 151 Å². The van der Waals surface area contributed by atoms with Crippen molar-refractivity contribution in [2.45, 2.75) is 31.1 Å². The molecule has 0 radical (unpaired) electrons. The molecule has 1 aliphatic heterocycles. The molecule has 0 bridgehead atoms. The van der Waals surface area contributed by atoms with Crippen LogP contribution in [0.15, 0.2) is 24.3 Å². The molecule has 0 aliphatic carbocycles. The van der Waals surface area contributed by atoms with E-state index in [1.165, 1.54) is 18.2 Å². The minimum absolute atomic E-state index is 0.110. The monoisotopic (exact) mass is 400 g/mol. The maximum absolute atomic E-state index is 12.3. The van der Waals surface area contributed by atoms with Crippen LogP contribution in [0, 0.1) is 0 Å². The quantitative estimate of drug-likeness (QED) is 0.588. The number of hydrogen-bond acceptors (Lipinski definition) is 5. The van der Waals surface area contributed by atoms with Crippen LogP contribution in [0.25, 0.3) is 0 Å². The van der Waals surface area contributed by atoms with Gasteiger partial charge in [-0.25, -0.2) is 4.79 Å². The van der Waals surface area contributed by atoms with Crippen LogP contribution in [0.3, 0.4) is 0 Å². The van der Waals surface area contributed by atoms with E-state index in [2.05, 4.69) is 14.8 Å². The number of ether oxygens (including phenoxy) is 2. The second kappa shape index (κ2) is 8.34. The van der Waals surface area contributed by atoms with Gasteiger partial charge in [0, 0.05) is 25.7 Å². The van der Waals surface area contributed by atoms with Gasteiger partial charge < -0.3 is 14.8 Å². The average Bonchev–Trinajstić information content (AvgIpc) is 2.97. The number of carbonyl (C=O) groups excluding carboxylic acids is 1. The maximum atomic E-state index is 12.3. The number of esters is 1. The molecule has 1 N–H and O–H groups in total. The van der Waals surface area contributed by atoms with E-state index < -0.39 is 24.6 Å². The number of carbonyl (C=O) groups is 1. The zero-order valence-electron chi connectivity index (χ0n) is 14.2. The molecule has 27 heavy (non-hydrogen) atoms. The number of nitrogens with zero attached hydrogens (tertiary/aromatic N) is 1. The number of nitrogens with one attached hydrogen (secondary N) is 1. The fourth-order valence-electron chi connectivity index (χ4n) is 2.83. The third kappa shape index (κ3) is 6.58. The maximum Gasteiger partial charge on any atom is 0.573 e. The fraction of sp³-hybridized carbons (Fsp3) is 0.562. The van der Waals surface area contributed by atoms with E-state index in [1.54, 1.807) is 18.0 Å². The predicted molar refractivity (Wildman–Crippen MR) is 81.9 cm³/mol. The van der Waals surface area contributed by atoms with Gasteiger partial charge in [-0.2, -0.15) is 13.2 Å². The van der Waals surface area contributed by atoms with Gasteiger partial charge in [0.2, 0.25) is 0 Å². The molecule has 1 aromatic carbocycles. The van der Waals surface area contributed by atoms with Crippen LogP contribution >= 0.6 is 0 Å². The fourth-order valence-corrected chi connectivity index (χ4v) is 2.83. The van der Waals surface area contributed by atoms with Crippen molar-refractivity contribution in [1.29, 1.82) is 0 Å². The Kier molecular flexibility index (Phi) is 6.58. The topological polar surface area (TPSA) is 50.8 Å². The normalized spacial score (nSPS) is 19.7. The highest BCUT2D eigenvalue weighted by atomic mass is 19.4. The van der Waals surface area contributed by atoms with Gasteiger partial charge in [0.1, 0.15) is 11.9 Å². The molecular weight excluding hydrogens is 382 g/mol. The number of halogens is 6. The Balaban J connectivity index is 1.96. The number of hydrogen-bond donors (Lipinski definition) is 1. The second-order valence-electron chi connectivity index (χ2n) is 6.03. The van der Waals surface area contributed by atoms with Gasteiger partial charge in [0.15, 0.2) is 0 Å². The Morgan fingerprint density at radius 3 is 2.59 bits per heavy atom. The van der Waals surface area contributed by atoms with Gasteiger partial charge in [-0.3, -0.25) is 4.90 Å². The van der Waals surface area contributed by atoms with Gasteiger partial charge in [-0.05, 0) is 31.2 Å². The number of likely N-dealkylation sites (N-methyl/N-ethyl adjacent to an activating group) is 1. The third-order valence-corrected chi connectivity index (χ3v) is 4.02. The summed E-state index contributed by atoms with van der Waals surface area (Å²) >= 11 is 0. The van der Waals surface area contributed by atoms with E-state index >= 15 is 0 Å². The highest BCUT2D eigenvalue weighted by Gasteiger charge is 2.43. The van der Waals surface area contributed by atoms with Gasteiger partial charge in [-0.1, -0.05) is 12.1 Å². The molecule has 1 aromatic rings. The number of likely N-dealkylation sites (tertiary alicyclic amines) is 1. The van der Waals surface area contributed by atoms with Crippen LogP contribution in [-0.2, 0) is 9.53 Å². The lowest BCUT2D eigenvalue weighted by molar-refractivity contribution is -0.274. The Bertz CT molecular complexity index is 650. The standard InChI is InChI=1S/C16H18F6N2O3/c1-23-13(10-3-2-4-11(7-10)27-16(20,21)22)9-24-6-5-12(8-24)26-14(25)15(17,18)19/h2-4,7,12-13,23H,5-6,8-9H2,1H3/t12-,13+/m0/s1. The molecule has 2 atom stereocenters. The largest absolute Gasteiger partial charge is 0.573 e. The molecule has 1 saturated heterocycles. The van der Waals surface area contributed by atoms with Gasteiger partial charge in [0.05, 0.1) is 0 Å². The Hall–Kier alpha value is -2.01. The summed E-state index contributed by atoms with van der Waals surface area (Å²) in [5.41, 5.74) is 0.523. The van der Waals surface area contributed by atoms with Crippen LogP contribution in [0.1, 0.15) is 18.0 Å². The summed E-state index contributed by atoms with van der Waals surface area (Å²) in [6, 6.07) is 5.05. The zero-order chi connectivity index (χ0) is 20.2. The van der Waals surface area contributed by atoms with Crippen LogP contribution in [0.2, 0.25) is 0 Å². The molecule has 0 spiro atoms. The first-order valence-electron chi connectivity index (χ1n) is 8.01. The molecule has 0 saturated carbocycles. The minimum atomic E-state index is -5.04. The summed E-state index contributed by atoms with van der Waals surface area (Å²) < 4.78 is 82.1. The summed E-state index contributed by atoms with van der Waals surface area (Å²) in [5.74, 6) is -2.59. The molecule has 1 fully saturated rings. The SMILES string of the molecule is CN[C@H](CN1CC[C@H](OC(=O)C(F)(F)F)C1)c1cccc(OC(F)(F)F)c1. The molecule has 1 heterocycles. The molecule has 0 unspecified atom stereocenters. The third-order valence-electron chi connectivity index (χ3n) is 4.02. The van der Waals surface area contributed by atoms with Crippen molar-refractivity contribution < 1.29 is 40.6 Å². The predicted octanol–water partition coefficient (Wildman–Crippen LogP) is 3.03. The lowest BCUT2D eigenvalue weighted by atomic mass is 10.1. The second-order valence-corrected chi connectivity index (χ2v) is 6.03. The molecule has 2 rings (SSSR count). The molecule has 11 heteroatoms. The number of benzene rings is 1. The summed E-state index contributed by atoms with van der Waals surface area (Å²) in [5, 5.41) is 2.95. The van der Waals surface area contributed by atoms with Gasteiger partial charge >= 0.3 is 18.5 Å². The van der Waals surface area contributed by atoms with Crippen LogP contribution in [-0.4, -0.2) is 56.2 Å². The van der Waals surface area contributed by atoms with Crippen LogP contribution in [0.4, 0.5) is 26.3 Å². The highest BCUT2D eigenvalue weighted by molar-refractivity contribution is 5.75. The minimum Gasteiger partial charge on any atom is -0.454 e. The van der Waals surface area contributed by atoms with E-state index in [0.29, 0.717) is 18.7 Å². The van der Waals surface area contributed by atoms with Crippen molar-refractivity contribution in [3.8, 4) is 5.75 Å². The molecule has 152 valence electrons. The molecule has 5 nitrogen and oxygen atoms in total. The van der Waals surface area contributed by atoms with Crippen molar-refractivity contribution in [1.82, 2.24) is 10.2 Å². The summed E-state index contributed by atoms with van der Waals surface area (Å²) in [6.07, 6.45) is -10.5.